The van der Waals surface area contributed by atoms with E-state index in [0.29, 0.717) is 10.6 Å². The zero-order chi connectivity index (χ0) is 12.7. The molecule has 0 aliphatic rings. The predicted octanol–water partition coefficient (Wildman–Crippen LogP) is 4.80. The molecule has 3 aromatic rings. The maximum absolute atomic E-state index is 13.8. The maximum atomic E-state index is 13.8. The molecule has 5 heteroatoms. The topological polar surface area (TPSA) is 26.0 Å². The molecule has 0 aliphatic carbocycles. The van der Waals surface area contributed by atoms with Crippen LogP contribution in [0.2, 0.25) is 5.02 Å². The molecule has 3 rings (SSSR count). The van der Waals surface area contributed by atoms with E-state index in [2.05, 4.69) is 6.07 Å². The predicted molar refractivity (Wildman–Crippen MR) is 77.1 cm³/mol. The summed E-state index contributed by atoms with van der Waals surface area (Å²) in [4.78, 5) is 0.970. The molecule has 0 saturated carbocycles. The van der Waals surface area contributed by atoms with Crippen molar-refractivity contribution in [3.63, 3.8) is 0 Å². The van der Waals surface area contributed by atoms with Gasteiger partial charge in [-0.3, -0.25) is 0 Å². The van der Waals surface area contributed by atoms with Gasteiger partial charge in [-0.05, 0) is 29.6 Å². The number of fused-ring (bicyclic) bond motifs is 1. The van der Waals surface area contributed by atoms with Crippen LogP contribution in [0.15, 0.2) is 35.7 Å². The van der Waals surface area contributed by atoms with Crippen molar-refractivity contribution >= 4 is 43.7 Å². The van der Waals surface area contributed by atoms with Gasteiger partial charge in [-0.1, -0.05) is 17.7 Å². The summed E-state index contributed by atoms with van der Waals surface area (Å²) in [5.74, 6) is -0.355. The van der Waals surface area contributed by atoms with E-state index < -0.39 is 6.04 Å². The number of halogens is 2. The third-order valence-electron chi connectivity index (χ3n) is 2.76. The lowest BCUT2D eigenvalue weighted by molar-refractivity contribution is 0.601. The number of benzene rings is 1. The van der Waals surface area contributed by atoms with E-state index in [4.69, 9.17) is 17.3 Å². The molecular weight excluding hydrogens is 289 g/mol. The molecule has 1 nitrogen and oxygen atoms in total. The lowest BCUT2D eigenvalue weighted by atomic mass is 10.1. The van der Waals surface area contributed by atoms with Gasteiger partial charge in [0.05, 0.1) is 6.04 Å². The third kappa shape index (κ3) is 2.06. The number of hydrogen-bond acceptors (Lipinski definition) is 3. The second-order valence-corrected chi connectivity index (χ2v) is 6.44. The minimum absolute atomic E-state index is 0.355. The normalized spacial score (nSPS) is 13.1. The van der Waals surface area contributed by atoms with Crippen LogP contribution in [0.3, 0.4) is 0 Å². The number of hydrogen-bond donors (Lipinski definition) is 1. The molecular formula is C13H9ClFNS2. The molecule has 92 valence electrons. The van der Waals surface area contributed by atoms with Gasteiger partial charge in [0.25, 0.3) is 0 Å². The molecule has 0 radical (unpaired) electrons. The van der Waals surface area contributed by atoms with Crippen molar-refractivity contribution in [2.75, 3.05) is 0 Å². The highest BCUT2D eigenvalue weighted by Crippen LogP contribution is 2.35. The molecule has 1 aromatic carbocycles. The minimum Gasteiger partial charge on any atom is -0.320 e. The van der Waals surface area contributed by atoms with Crippen molar-refractivity contribution in [2.45, 2.75) is 6.04 Å². The van der Waals surface area contributed by atoms with Crippen LogP contribution < -0.4 is 5.73 Å². The first kappa shape index (κ1) is 12.1. The summed E-state index contributed by atoms with van der Waals surface area (Å²) in [6.45, 7) is 0. The fourth-order valence-electron chi connectivity index (χ4n) is 1.84. The highest BCUT2D eigenvalue weighted by Gasteiger charge is 2.16. The van der Waals surface area contributed by atoms with Crippen molar-refractivity contribution in [3.8, 4) is 0 Å². The van der Waals surface area contributed by atoms with E-state index in [9.17, 15) is 4.39 Å². The Morgan fingerprint density at radius 2 is 2.00 bits per heavy atom. The molecule has 18 heavy (non-hydrogen) atoms. The number of rotatable bonds is 2. The van der Waals surface area contributed by atoms with Gasteiger partial charge in [-0.2, -0.15) is 0 Å². The summed E-state index contributed by atoms with van der Waals surface area (Å²) in [6.07, 6.45) is 0. The van der Waals surface area contributed by atoms with Crippen molar-refractivity contribution in [1.82, 2.24) is 0 Å². The van der Waals surface area contributed by atoms with Crippen molar-refractivity contribution in [3.05, 3.63) is 57.0 Å². The van der Waals surface area contributed by atoms with Crippen molar-refractivity contribution in [1.29, 1.82) is 0 Å². The largest absolute Gasteiger partial charge is 0.320 e. The van der Waals surface area contributed by atoms with Crippen LogP contribution in [-0.2, 0) is 0 Å². The van der Waals surface area contributed by atoms with Gasteiger partial charge >= 0.3 is 0 Å². The molecule has 0 fully saturated rings. The van der Waals surface area contributed by atoms with Gasteiger partial charge in [-0.25, -0.2) is 4.39 Å². The molecule has 0 bridgehead atoms. The average molecular weight is 298 g/mol. The fourth-order valence-corrected chi connectivity index (χ4v) is 4.14. The van der Waals surface area contributed by atoms with Crippen molar-refractivity contribution < 1.29 is 4.39 Å². The number of nitrogens with two attached hydrogens (primary N) is 1. The summed E-state index contributed by atoms with van der Waals surface area (Å²) in [5, 5.41) is 2.43. The summed E-state index contributed by atoms with van der Waals surface area (Å²) in [7, 11) is 0. The van der Waals surface area contributed by atoms with Crippen LogP contribution >= 0.6 is 34.3 Å². The summed E-state index contributed by atoms with van der Waals surface area (Å²) < 4.78 is 16.2. The molecule has 0 amide bonds. The lowest BCUT2D eigenvalue weighted by Gasteiger charge is -2.11. The Hall–Kier alpha value is -0.940. The zero-order valence-electron chi connectivity index (χ0n) is 9.19. The molecule has 2 heterocycles. The molecule has 0 saturated heterocycles. The Morgan fingerprint density at radius 1 is 1.17 bits per heavy atom. The van der Waals surface area contributed by atoms with Crippen LogP contribution in [0.1, 0.15) is 16.5 Å². The Balaban J connectivity index is 2.03. The van der Waals surface area contributed by atoms with Gasteiger partial charge in [0.2, 0.25) is 0 Å². The van der Waals surface area contributed by atoms with Crippen LogP contribution in [-0.4, -0.2) is 0 Å². The van der Waals surface area contributed by atoms with Gasteiger partial charge in [0, 0.05) is 24.9 Å². The monoisotopic (exact) mass is 297 g/mol. The molecule has 0 aliphatic heterocycles. The van der Waals surface area contributed by atoms with Crippen LogP contribution in [0.25, 0.3) is 9.40 Å². The maximum Gasteiger partial charge on any atom is 0.129 e. The number of thiophene rings is 2. The first-order valence-corrected chi connectivity index (χ1v) is 7.40. The zero-order valence-corrected chi connectivity index (χ0v) is 11.6. The van der Waals surface area contributed by atoms with E-state index in [1.54, 1.807) is 34.8 Å². The first-order chi connectivity index (χ1) is 8.65. The summed E-state index contributed by atoms with van der Waals surface area (Å²) in [5.41, 5.74) is 6.60. The highest BCUT2D eigenvalue weighted by molar-refractivity contribution is 7.27. The molecule has 2 N–H and O–H groups in total. The average Bonchev–Trinajstić information content (AvgIpc) is 2.87. The highest BCUT2D eigenvalue weighted by atomic mass is 35.5. The first-order valence-electron chi connectivity index (χ1n) is 5.32. The minimum atomic E-state index is -0.438. The summed E-state index contributed by atoms with van der Waals surface area (Å²) >= 11 is 9.01. The smallest absolute Gasteiger partial charge is 0.129 e. The van der Waals surface area contributed by atoms with Gasteiger partial charge < -0.3 is 5.73 Å². The summed E-state index contributed by atoms with van der Waals surface area (Å²) in [6, 6.07) is 8.26. The van der Waals surface area contributed by atoms with E-state index >= 15 is 0 Å². The van der Waals surface area contributed by atoms with Crippen LogP contribution in [0, 0.1) is 5.82 Å². The van der Waals surface area contributed by atoms with E-state index in [-0.39, 0.29) is 5.82 Å². The molecule has 1 unspecified atom stereocenters. The molecule has 1 atom stereocenters. The fraction of sp³-hybridized carbons (Fsp3) is 0.0769. The van der Waals surface area contributed by atoms with Crippen LogP contribution in [0.5, 0.6) is 0 Å². The molecule has 0 spiro atoms. The Morgan fingerprint density at radius 3 is 2.72 bits per heavy atom. The van der Waals surface area contributed by atoms with E-state index in [0.717, 1.165) is 4.88 Å². The lowest BCUT2D eigenvalue weighted by Crippen LogP contribution is -2.12. The SMILES string of the molecule is NC(c1cc2sccc2s1)c1ccc(Cl)cc1F. The quantitative estimate of drug-likeness (QED) is 0.722. The van der Waals surface area contributed by atoms with Gasteiger partial charge in [0.1, 0.15) is 5.82 Å². The Labute approximate surface area is 117 Å². The van der Waals surface area contributed by atoms with E-state index in [1.807, 2.05) is 11.4 Å². The Kier molecular flexibility index (Phi) is 3.11. The van der Waals surface area contributed by atoms with E-state index in [1.165, 1.54) is 15.5 Å². The van der Waals surface area contributed by atoms with Gasteiger partial charge in [0.15, 0.2) is 0 Å². The molecule has 2 aromatic heterocycles. The third-order valence-corrected chi connectivity index (χ3v) is 5.17. The second-order valence-electron chi connectivity index (χ2n) is 3.94. The van der Waals surface area contributed by atoms with Gasteiger partial charge in [-0.15, -0.1) is 22.7 Å². The Bertz CT molecular complexity index is 675. The standard InChI is InChI=1S/C13H9ClFNS2/c14-7-1-2-8(9(15)5-7)13(16)12-6-11-10(18-12)3-4-17-11/h1-6,13H,16H2. The second kappa shape index (κ2) is 4.63. The van der Waals surface area contributed by atoms with Crippen LogP contribution in [0.4, 0.5) is 4.39 Å². The van der Waals surface area contributed by atoms with Crippen molar-refractivity contribution in [2.24, 2.45) is 5.73 Å².